The molecule has 0 radical (unpaired) electrons. The summed E-state index contributed by atoms with van der Waals surface area (Å²) in [5.74, 6) is -0.00201. The van der Waals surface area contributed by atoms with Gasteiger partial charge in [-0.3, -0.25) is 4.79 Å². The molecule has 1 saturated carbocycles. The highest BCUT2D eigenvalue weighted by Crippen LogP contribution is 2.30. The predicted octanol–water partition coefficient (Wildman–Crippen LogP) is 2.68. The van der Waals surface area contributed by atoms with E-state index in [9.17, 15) is 9.90 Å². The fourth-order valence-electron chi connectivity index (χ4n) is 2.96. The maximum Gasteiger partial charge on any atom is 0.253 e. The van der Waals surface area contributed by atoms with Gasteiger partial charge in [0.15, 0.2) is 0 Å². The van der Waals surface area contributed by atoms with Crippen molar-refractivity contribution >= 4 is 5.91 Å². The minimum absolute atomic E-state index is 0.00201. The van der Waals surface area contributed by atoms with Gasteiger partial charge in [-0.25, -0.2) is 0 Å². The van der Waals surface area contributed by atoms with Crippen molar-refractivity contribution in [1.29, 1.82) is 0 Å². The first-order valence-electron chi connectivity index (χ1n) is 6.96. The van der Waals surface area contributed by atoms with Gasteiger partial charge in [-0.1, -0.05) is 30.5 Å². The number of carbonyl (C=O) groups is 1. The Hall–Kier alpha value is -1.35. The molecule has 1 fully saturated rings. The van der Waals surface area contributed by atoms with Crippen molar-refractivity contribution in [2.24, 2.45) is 0 Å². The van der Waals surface area contributed by atoms with E-state index in [1.807, 2.05) is 32.0 Å². The number of carbonyl (C=O) groups excluding carboxylic acids is 1. The maximum atomic E-state index is 12.4. The van der Waals surface area contributed by atoms with Crippen LogP contribution in [0.1, 0.15) is 47.2 Å². The Morgan fingerprint density at radius 3 is 2.53 bits per heavy atom. The number of amides is 1. The SMILES string of the molecule is Cc1ccc(C(=O)N(C)CC2(O)CCCC2)c(C)c1. The molecule has 2 rings (SSSR count). The monoisotopic (exact) mass is 261 g/mol. The lowest BCUT2D eigenvalue weighted by atomic mass is 10.0. The third kappa shape index (κ3) is 3.16. The molecular weight excluding hydrogens is 238 g/mol. The summed E-state index contributed by atoms with van der Waals surface area (Å²) in [5.41, 5.74) is 2.21. The summed E-state index contributed by atoms with van der Waals surface area (Å²) >= 11 is 0. The molecular formula is C16H23NO2. The van der Waals surface area contributed by atoms with Gasteiger partial charge in [-0.2, -0.15) is 0 Å². The van der Waals surface area contributed by atoms with E-state index in [2.05, 4.69) is 0 Å². The molecule has 0 unspecified atom stereocenters. The lowest BCUT2D eigenvalue weighted by molar-refractivity contribution is 0.0156. The first-order chi connectivity index (χ1) is 8.91. The Bertz CT molecular complexity index is 476. The van der Waals surface area contributed by atoms with Gasteiger partial charge in [0.2, 0.25) is 0 Å². The number of aryl methyl sites for hydroxylation is 2. The summed E-state index contributed by atoms with van der Waals surface area (Å²) < 4.78 is 0. The number of likely N-dealkylation sites (N-methyl/N-ethyl adjacent to an activating group) is 1. The molecule has 1 amide bonds. The second-order valence-corrected chi connectivity index (χ2v) is 5.91. The molecule has 1 N–H and O–H groups in total. The zero-order valence-corrected chi connectivity index (χ0v) is 12.1. The van der Waals surface area contributed by atoms with E-state index in [1.165, 1.54) is 0 Å². The van der Waals surface area contributed by atoms with Gasteiger partial charge in [0.25, 0.3) is 5.91 Å². The minimum atomic E-state index is -0.678. The third-order valence-electron chi connectivity index (χ3n) is 4.02. The standard InChI is InChI=1S/C16H23NO2/c1-12-6-7-14(13(2)10-12)15(18)17(3)11-16(19)8-4-5-9-16/h6-7,10,19H,4-5,8-9,11H2,1-3H3. The van der Waals surface area contributed by atoms with Crippen molar-refractivity contribution in [2.45, 2.75) is 45.1 Å². The summed E-state index contributed by atoms with van der Waals surface area (Å²) in [6, 6.07) is 5.85. The molecule has 1 aromatic carbocycles. The van der Waals surface area contributed by atoms with E-state index >= 15 is 0 Å². The van der Waals surface area contributed by atoms with Crippen LogP contribution in [0.4, 0.5) is 0 Å². The number of benzene rings is 1. The van der Waals surface area contributed by atoms with E-state index < -0.39 is 5.60 Å². The second kappa shape index (κ2) is 5.33. The van der Waals surface area contributed by atoms with Crippen molar-refractivity contribution in [3.63, 3.8) is 0 Å². The van der Waals surface area contributed by atoms with Crippen LogP contribution in [0.5, 0.6) is 0 Å². The molecule has 0 aromatic heterocycles. The summed E-state index contributed by atoms with van der Waals surface area (Å²) in [7, 11) is 1.78. The molecule has 0 bridgehead atoms. The average Bonchev–Trinajstić information content (AvgIpc) is 2.75. The van der Waals surface area contributed by atoms with Gasteiger partial charge in [0.05, 0.1) is 5.60 Å². The molecule has 1 aliphatic rings. The number of nitrogens with zero attached hydrogens (tertiary/aromatic N) is 1. The topological polar surface area (TPSA) is 40.5 Å². The highest BCUT2D eigenvalue weighted by Gasteiger charge is 2.33. The highest BCUT2D eigenvalue weighted by atomic mass is 16.3. The van der Waals surface area contributed by atoms with Crippen LogP contribution in [0.2, 0.25) is 0 Å². The van der Waals surface area contributed by atoms with E-state index in [-0.39, 0.29) is 5.91 Å². The van der Waals surface area contributed by atoms with Crippen molar-refractivity contribution < 1.29 is 9.90 Å². The highest BCUT2D eigenvalue weighted by molar-refractivity contribution is 5.95. The van der Waals surface area contributed by atoms with Crippen LogP contribution >= 0.6 is 0 Å². The van der Waals surface area contributed by atoms with Crippen molar-refractivity contribution in [3.8, 4) is 0 Å². The largest absolute Gasteiger partial charge is 0.388 e. The minimum Gasteiger partial charge on any atom is -0.388 e. The van der Waals surface area contributed by atoms with Gasteiger partial charge >= 0.3 is 0 Å². The van der Waals surface area contributed by atoms with E-state index in [0.29, 0.717) is 6.54 Å². The van der Waals surface area contributed by atoms with Crippen LogP contribution in [-0.2, 0) is 0 Å². The molecule has 104 valence electrons. The molecule has 0 saturated heterocycles. The molecule has 3 nitrogen and oxygen atoms in total. The molecule has 0 heterocycles. The zero-order valence-electron chi connectivity index (χ0n) is 12.1. The molecule has 0 aliphatic heterocycles. The average molecular weight is 261 g/mol. The Labute approximate surface area is 115 Å². The van der Waals surface area contributed by atoms with Crippen LogP contribution in [0.15, 0.2) is 18.2 Å². The summed E-state index contributed by atoms with van der Waals surface area (Å²) in [6.45, 7) is 4.41. The van der Waals surface area contributed by atoms with Crippen molar-refractivity contribution in [1.82, 2.24) is 4.90 Å². The lowest BCUT2D eigenvalue weighted by Gasteiger charge is -2.29. The van der Waals surface area contributed by atoms with Crippen LogP contribution in [-0.4, -0.2) is 35.1 Å². The van der Waals surface area contributed by atoms with Crippen LogP contribution < -0.4 is 0 Å². The molecule has 0 atom stereocenters. The third-order valence-corrected chi connectivity index (χ3v) is 4.02. The Kier molecular flexibility index (Phi) is 3.95. The number of rotatable bonds is 3. The normalized spacial score (nSPS) is 17.5. The lowest BCUT2D eigenvalue weighted by Crippen LogP contribution is -2.42. The number of aliphatic hydroxyl groups is 1. The van der Waals surface area contributed by atoms with Gasteiger partial charge < -0.3 is 10.0 Å². The quantitative estimate of drug-likeness (QED) is 0.908. The fraction of sp³-hybridized carbons (Fsp3) is 0.562. The molecule has 1 aliphatic carbocycles. The van der Waals surface area contributed by atoms with Crippen LogP contribution in [0.3, 0.4) is 0 Å². The van der Waals surface area contributed by atoms with Gasteiger partial charge in [0, 0.05) is 19.2 Å². The molecule has 3 heteroatoms. The molecule has 19 heavy (non-hydrogen) atoms. The summed E-state index contributed by atoms with van der Waals surface area (Å²) in [5, 5.41) is 10.4. The maximum absolute atomic E-state index is 12.4. The van der Waals surface area contributed by atoms with Gasteiger partial charge in [-0.05, 0) is 38.3 Å². The number of hydrogen-bond acceptors (Lipinski definition) is 2. The van der Waals surface area contributed by atoms with E-state index in [0.717, 1.165) is 42.4 Å². The van der Waals surface area contributed by atoms with Gasteiger partial charge in [0.1, 0.15) is 0 Å². The number of hydrogen-bond donors (Lipinski definition) is 1. The summed E-state index contributed by atoms with van der Waals surface area (Å²) in [4.78, 5) is 14.1. The fourth-order valence-corrected chi connectivity index (χ4v) is 2.96. The Morgan fingerprint density at radius 1 is 1.32 bits per heavy atom. The Balaban J connectivity index is 2.10. The van der Waals surface area contributed by atoms with Crippen LogP contribution in [0.25, 0.3) is 0 Å². The summed E-state index contributed by atoms with van der Waals surface area (Å²) in [6.07, 6.45) is 3.72. The first-order valence-corrected chi connectivity index (χ1v) is 6.96. The Morgan fingerprint density at radius 2 is 1.95 bits per heavy atom. The van der Waals surface area contributed by atoms with E-state index in [4.69, 9.17) is 0 Å². The molecule has 0 spiro atoms. The van der Waals surface area contributed by atoms with E-state index in [1.54, 1.807) is 11.9 Å². The van der Waals surface area contributed by atoms with Crippen molar-refractivity contribution in [2.75, 3.05) is 13.6 Å². The zero-order chi connectivity index (χ0) is 14.0. The second-order valence-electron chi connectivity index (χ2n) is 5.91. The smallest absolute Gasteiger partial charge is 0.253 e. The predicted molar refractivity (Wildman–Crippen MR) is 76.3 cm³/mol. The van der Waals surface area contributed by atoms with Crippen LogP contribution in [0, 0.1) is 13.8 Å². The van der Waals surface area contributed by atoms with Crippen molar-refractivity contribution in [3.05, 3.63) is 34.9 Å². The molecule has 1 aromatic rings. The first kappa shape index (κ1) is 14.1. The van der Waals surface area contributed by atoms with Gasteiger partial charge in [-0.15, -0.1) is 0 Å².